The second-order valence-corrected chi connectivity index (χ2v) is 7.77. The summed E-state index contributed by atoms with van der Waals surface area (Å²) in [6.07, 6.45) is 0. The van der Waals surface area contributed by atoms with Crippen molar-refractivity contribution in [3.05, 3.63) is 53.1 Å². The topological polar surface area (TPSA) is 75.7 Å². The number of ether oxygens (including phenoxy) is 1. The number of methoxy groups -OCH3 is 1. The third-order valence-corrected chi connectivity index (χ3v) is 5.47. The van der Waals surface area contributed by atoms with Crippen molar-refractivity contribution in [2.75, 3.05) is 25.1 Å². The summed E-state index contributed by atoms with van der Waals surface area (Å²) in [4.78, 5) is 14.0. The molecular formula is C18H21ClN2O4S. The molecule has 0 aromatic heterocycles. The van der Waals surface area contributed by atoms with E-state index < -0.39 is 10.0 Å². The molecule has 0 spiro atoms. The van der Waals surface area contributed by atoms with E-state index in [0.29, 0.717) is 12.3 Å². The monoisotopic (exact) mass is 396 g/mol. The normalized spacial score (nSPS) is 11.2. The number of likely N-dealkylation sites (N-methyl/N-ethyl adjacent to an activating group) is 1. The predicted octanol–water partition coefficient (Wildman–Crippen LogP) is 2.99. The number of carbonyl (C=O) groups excluding carboxylic acids is 1. The Hall–Kier alpha value is -2.09. The van der Waals surface area contributed by atoms with Crippen molar-refractivity contribution in [2.45, 2.75) is 18.7 Å². The highest BCUT2D eigenvalue weighted by Crippen LogP contribution is 2.26. The molecule has 26 heavy (non-hydrogen) atoms. The number of anilines is 1. The molecular weight excluding hydrogens is 376 g/mol. The maximum atomic E-state index is 12.5. The van der Waals surface area contributed by atoms with Gasteiger partial charge in [-0.2, -0.15) is 0 Å². The second kappa shape index (κ2) is 8.53. The van der Waals surface area contributed by atoms with Crippen LogP contribution in [0.25, 0.3) is 0 Å². The van der Waals surface area contributed by atoms with Crippen LogP contribution < -0.4 is 14.4 Å². The van der Waals surface area contributed by atoms with E-state index in [-0.39, 0.29) is 22.4 Å². The number of benzene rings is 2. The highest BCUT2D eigenvalue weighted by atomic mass is 35.5. The number of hydrogen-bond acceptors (Lipinski definition) is 4. The predicted molar refractivity (Wildman–Crippen MR) is 102 cm³/mol. The highest BCUT2D eigenvalue weighted by Gasteiger charge is 2.20. The van der Waals surface area contributed by atoms with Gasteiger partial charge in [-0.25, -0.2) is 13.1 Å². The average Bonchev–Trinajstić information content (AvgIpc) is 2.60. The molecule has 2 rings (SSSR count). The molecule has 0 saturated heterocycles. The molecule has 0 radical (unpaired) electrons. The van der Waals surface area contributed by atoms with E-state index in [2.05, 4.69) is 4.72 Å². The fourth-order valence-corrected chi connectivity index (χ4v) is 3.77. The van der Waals surface area contributed by atoms with Gasteiger partial charge in [0.05, 0.1) is 23.6 Å². The number of amides is 1. The van der Waals surface area contributed by atoms with Crippen LogP contribution in [0.2, 0.25) is 5.02 Å². The average molecular weight is 397 g/mol. The molecule has 2 aromatic rings. The van der Waals surface area contributed by atoms with Crippen LogP contribution in [0.4, 0.5) is 5.69 Å². The third-order valence-electron chi connectivity index (χ3n) is 3.78. The summed E-state index contributed by atoms with van der Waals surface area (Å²) in [5.41, 5.74) is 1.74. The van der Waals surface area contributed by atoms with Crippen molar-refractivity contribution in [2.24, 2.45) is 0 Å². The van der Waals surface area contributed by atoms with E-state index in [4.69, 9.17) is 16.3 Å². The first-order valence-corrected chi connectivity index (χ1v) is 9.85. The maximum absolute atomic E-state index is 12.5. The van der Waals surface area contributed by atoms with Crippen molar-refractivity contribution >= 4 is 33.2 Å². The Kier molecular flexibility index (Phi) is 6.63. The lowest BCUT2D eigenvalue weighted by Crippen LogP contribution is -2.40. The van der Waals surface area contributed by atoms with Gasteiger partial charge in [-0.1, -0.05) is 23.7 Å². The van der Waals surface area contributed by atoms with Crippen LogP contribution in [0.3, 0.4) is 0 Å². The van der Waals surface area contributed by atoms with E-state index >= 15 is 0 Å². The number of halogens is 1. The van der Waals surface area contributed by atoms with Gasteiger partial charge in [-0.3, -0.25) is 4.79 Å². The van der Waals surface area contributed by atoms with Gasteiger partial charge >= 0.3 is 0 Å². The van der Waals surface area contributed by atoms with Crippen LogP contribution in [-0.4, -0.2) is 34.5 Å². The van der Waals surface area contributed by atoms with Gasteiger partial charge in [0, 0.05) is 12.2 Å². The summed E-state index contributed by atoms with van der Waals surface area (Å²) in [6.45, 7) is 3.84. The number of hydrogen-bond donors (Lipinski definition) is 1. The highest BCUT2D eigenvalue weighted by molar-refractivity contribution is 7.89. The molecule has 0 atom stereocenters. The van der Waals surface area contributed by atoms with Crippen LogP contribution >= 0.6 is 11.6 Å². The minimum atomic E-state index is -3.87. The van der Waals surface area contributed by atoms with Crippen LogP contribution in [0.1, 0.15) is 12.5 Å². The molecule has 1 N–H and O–H groups in total. The fraction of sp³-hybridized carbons (Fsp3) is 0.278. The summed E-state index contributed by atoms with van der Waals surface area (Å²) in [5.74, 6) is 0.0274. The van der Waals surface area contributed by atoms with E-state index in [1.165, 1.54) is 30.2 Å². The standard InChI is InChI=1S/C18H21ClN2O4S/c1-4-21(14-7-5-6-13(2)10-14)18(22)12-20-26(23,24)15-8-9-17(25-3)16(19)11-15/h5-11,20H,4,12H2,1-3H3. The molecule has 2 aromatic carbocycles. The Bertz CT molecular complexity index is 900. The Labute approximate surface area is 158 Å². The summed E-state index contributed by atoms with van der Waals surface area (Å²) in [7, 11) is -2.43. The molecule has 0 aliphatic rings. The molecule has 6 nitrogen and oxygen atoms in total. The molecule has 0 saturated carbocycles. The number of sulfonamides is 1. The van der Waals surface area contributed by atoms with E-state index in [0.717, 1.165) is 11.3 Å². The minimum Gasteiger partial charge on any atom is -0.495 e. The van der Waals surface area contributed by atoms with Gasteiger partial charge in [0.1, 0.15) is 5.75 Å². The van der Waals surface area contributed by atoms with Crippen molar-refractivity contribution in [3.8, 4) is 5.75 Å². The summed E-state index contributed by atoms with van der Waals surface area (Å²) >= 11 is 5.97. The van der Waals surface area contributed by atoms with Gasteiger partial charge in [-0.15, -0.1) is 0 Å². The van der Waals surface area contributed by atoms with Crippen LogP contribution in [-0.2, 0) is 14.8 Å². The fourth-order valence-electron chi connectivity index (χ4n) is 2.45. The van der Waals surface area contributed by atoms with Crippen LogP contribution in [0.5, 0.6) is 5.75 Å². The summed E-state index contributed by atoms with van der Waals surface area (Å²) in [5, 5.41) is 0.177. The zero-order valence-corrected chi connectivity index (χ0v) is 16.4. The number of rotatable bonds is 7. The van der Waals surface area contributed by atoms with Crippen LogP contribution in [0.15, 0.2) is 47.4 Å². The first-order chi connectivity index (χ1) is 12.3. The van der Waals surface area contributed by atoms with Crippen molar-refractivity contribution in [1.82, 2.24) is 4.72 Å². The molecule has 140 valence electrons. The van der Waals surface area contributed by atoms with Gasteiger partial charge in [0.2, 0.25) is 15.9 Å². The molecule has 0 bridgehead atoms. The van der Waals surface area contributed by atoms with Gasteiger partial charge < -0.3 is 9.64 Å². The Morgan fingerprint density at radius 1 is 1.23 bits per heavy atom. The van der Waals surface area contributed by atoms with Gasteiger partial charge in [0.25, 0.3) is 0 Å². The zero-order valence-electron chi connectivity index (χ0n) is 14.8. The Morgan fingerprint density at radius 2 is 1.96 bits per heavy atom. The number of nitrogens with one attached hydrogen (secondary N) is 1. The molecule has 8 heteroatoms. The van der Waals surface area contributed by atoms with Gasteiger partial charge in [-0.05, 0) is 49.7 Å². The van der Waals surface area contributed by atoms with Crippen molar-refractivity contribution < 1.29 is 17.9 Å². The van der Waals surface area contributed by atoms with E-state index in [9.17, 15) is 13.2 Å². The van der Waals surface area contributed by atoms with Crippen molar-refractivity contribution in [1.29, 1.82) is 0 Å². The Morgan fingerprint density at radius 3 is 2.54 bits per heavy atom. The quantitative estimate of drug-likeness (QED) is 0.780. The molecule has 0 unspecified atom stereocenters. The number of aryl methyl sites for hydroxylation is 1. The lowest BCUT2D eigenvalue weighted by atomic mass is 10.2. The lowest BCUT2D eigenvalue weighted by molar-refractivity contribution is -0.117. The largest absolute Gasteiger partial charge is 0.495 e. The maximum Gasteiger partial charge on any atom is 0.242 e. The molecule has 0 aliphatic carbocycles. The zero-order chi connectivity index (χ0) is 19.3. The van der Waals surface area contributed by atoms with Crippen molar-refractivity contribution in [3.63, 3.8) is 0 Å². The summed E-state index contributed by atoms with van der Waals surface area (Å²) in [6, 6.07) is 11.6. The van der Waals surface area contributed by atoms with E-state index in [1.54, 1.807) is 0 Å². The SMILES string of the molecule is CCN(C(=O)CNS(=O)(=O)c1ccc(OC)c(Cl)c1)c1cccc(C)c1. The first-order valence-electron chi connectivity index (χ1n) is 7.98. The van der Waals surface area contributed by atoms with Gasteiger partial charge in [0.15, 0.2) is 0 Å². The second-order valence-electron chi connectivity index (χ2n) is 5.60. The number of carbonyl (C=O) groups is 1. The molecule has 0 heterocycles. The third kappa shape index (κ3) is 4.75. The molecule has 1 amide bonds. The summed E-state index contributed by atoms with van der Waals surface area (Å²) < 4.78 is 32.1. The van der Waals surface area contributed by atoms with E-state index in [1.807, 2.05) is 38.1 Å². The smallest absolute Gasteiger partial charge is 0.242 e. The number of nitrogens with zero attached hydrogens (tertiary/aromatic N) is 1. The lowest BCUT2D eigenvalue weighted by Gasteiger charge is -2.21. The molecule has 0 aliphatic heterocycles. The first kappa shape index (κ1) is 20.2. The minimum absolute atomic E-state index is 0.0327. The Balaban J connectivity index is 2.13. The molecule has 0 fully saturated rings. The van der Waals surface area contributed by atoms with Crippen LogP contribution in [0, 0.1) is 6.92 Å².